The summed E-state index contributed by atoms with van der Waals surface area (Å²) >= 11 is 0. The van der Waals surface area contributed by atoms with E-state index in [2.05, 4.69) is 12.2 Å². The number of carbonyl (C=O) groups excluding carboxylic acids is 1. The molecule has 0 spiro atoms. The minimum Gasteiger partial charge on any atom is -0.356 e. The Balaban J connectivity index is 3.34. The van der Waals surface area contributed by atoms with Crippen molar-refractivity contribution in [2.45, 2.75) is 65.3 Å². The summed E-state index contributed by atoms with van der Waals surface area (Å²) < 4.78 is 0. The summed E-state index contributed by atoms with van der Waals surface area (Å²) in [5.74, 6) is 0.00338. The van der Waals surface area contributed by atoms with Crippen molar-refractivity contribution >= 4 is 5.91 Å². The van der Waals surface area contributed by atoms with Crippen LogP contribution < -0.4 is 11.1 Å². The van der Waals surface area contributed by atoms with Gasteiger partial charge in [0, 0.05) is 18.5 Å². The van der Waals surface area contributed by atoms with Gasteiger partial charge in [0.05, 0.1) is 0 Å². The van der Waals surface area contributed by atoms with E-state index in [1.165, 1.54) is 32.1 Å². The van der Waals surface area contributed by atoms with Crippen LogP contribution in [-0.2, 0) is 4.79 Å². The Kier molecular flexibility index (Phi) is 9.30. The van der Waals surface area contributed by atoms with Gasteiger partial charge in [0.25, 0.3) is 0 Å². The zero-order valence-corrected chi connectivity index (χ0v) is 11.1. The van der Waals surface area contributed by atoms with E-state index in [0.717, 1.165) is 13.0 Å². The summed E-state index contributed by atoms with van der Waals surface area (Å²) in [4.78, 5) is 11.5. The summed E-state index contributed by atoms with van der Waals surface area (Å²) in [5, 5.41) is 2.94. The fourth-order valence-corrected chi connectivity index (χ4v) is 1.52. The molecule has 0 bridgehead atoms. The lowest BCUT2D eigenvalue weighted by molar-refractivity contribution is -0.124. The van der Waals surface area contributed by atoms with Crippen LogP contribution in [0.1, 0.15) is 59.3 Å². The Bertz CT molecular complexity index is 181. The Hall–Kier alpha value is -0.570. The molecular weight excluding hydrogens is 200 g/mol. The van der Waals surface area contributed by atoms with E-state index in [9.17, 15) is 4.79 Å². The molecule has 1 amide bonds. The standard InChI is InChI=1S/C13H28N2O/c1-4-5-6-7-8-9-10-15-13(16)11(2)12(3)14/h11-12H,4-10,14H2,1-3H3,(H,15,16). The molecule has 0 aliphatic rings. The normalized spacial score (nSPS) is 14.5. The first kappa shape index (κ1) is 15.4. The van der Waals surface area contributed by atoms with Crippen LogP contribution in [0.3, 0.4) is 0 Å². The number of unbranched alkanes of at least 4 members (excludes halogenated alkanes) is 5. The zero-order chi connectivity index (χ0) is 12.4. The van der Waals surface area contributed by atoms with Crippen molar-refractivity contribution in [3.05, 3.63) is 0 Å². The molecule has 0 rings (SSSR count). The highest BCUT2D eigenvalue weighted by atomic mass is 16.1. The molecule has 0 fully saturated rings. The molecule has 3 N–H and O–H groups in total. The minimum absolute atomic E-state index is 0.0652. The first-order valence-electron chi connectivity index (χ1n) is 6.62. The maximum Gasteiger partial charge on any atom is 0.224 e. The Morgan fingerprint density at radius 2 is 1.69 bits per heavy atom. The molecule has 0 saturated heterocycles. The molecule has 0 aromatic heterocycles. The fourth-order valence-electron chi connectivity index (χ4n) is 1.52. The third kappa shape index (κ3) is 7.69. The van der Waals surface area contributed by atoms with E-state index in [1.54, 1.807) is 0 Å². The average Bonchev–Trinajstić information content (AvgIpc) is 2.26. The van der Waals surface area contributed by atoms with Crippen LogP contribution >= 0.6 is 0 Å². The van der Waals surface area contributed by atoms with Crippen molar-refractivity contribution in [1.82, 2.24) is 5.32 Å². The van der Waals surface area contributed by atoms with E-state index >= 15 is 0 Å². The third-order valence-electron chi connectivity index (χ3n) is 3.03. The number of nitrogens with one attached hydrogen (secondary N) is 1. The highest BCUT2D eigenvalue weighted by Gasteiger charge is 2.15. The van der Waals surface area contributed by atoms with Gasteiger partial charge in [-0.3, -0.25) is 4.79 Å². The van der Waals surface area contributed by atoms with Crippen LogP contribution in [0.2, 0.25) is 0 Å². The molecule has 0 aromatic rings. The molecule has 0 heterocycles. The van der Waals surface area contributed by atoms with Crippen molar-refractivity contribution in [3.8, 4) is 0 Å². The summed E-state index contributed by atoms with van der Waals surface area (Å²) in [6.45, 7) is 6.76. The molecular formula is C13H28N2O. The van der Waals surface area contributed by atoms with Crippen LogP contribution in [0.15, 0.2) is 0 Å². The van der Waals surface area contributed by atoms with Crippen LogP contribution in [0.5, 0.6) is 0 Å². The summed E-state index contributed by atoms with van der Waals surface area (Å²) in [7, 11) is 0. The molecule has 3 heteroatoms. The van der Waals surface area contributed by atoms with Crippen LogP contribution in [0, 0.1) is 5.92 Å². The molecule has 16 heavy (non-hydrogen) atoms. The second-order valence-corrected chi connectivity index (χ2v) is 4.71. The number of amides is 1. The monoisotopic (exact) mass is 228 g/mol. The van der Waals surface area contributed by atoms with Crippen molar-refractivity contribution < 1.29 is 4.79 Å². The van der Waals surface area contributed by atoms with Crippen molar-refractivity contribution in [2.24, 2.45) is 11.7 Å². The predicted octanol–water partition coefficient (Wildman–Crippen LogP) is 2.45. The highest BCUT2D eigenvalue weighted by molar-refractivity contribution is 5.78. The SMILES string of the molecule is CCCCCCCCNC(=O)C(C)C(C)N. The van der Waals surface area contributed by atoms with E-state index in [1.807, 2.05) is 13.8 Å². The van der Waals surface area contributed by atoms with Crippen LogP contribution in [-0.4, -0.2) is 18.5 Å². The minimum atomic E-state index is -0.0832. The van der Waals surface area contributed by atoms with Gasteiger partial charge >= 0.3 is 0 Å². The third-order valence-corrected chi connectivity index (χ3v) is 3.03. The van der Waals surface area contributed by atoms with E-state index in [4.69, 9.17) is 5.73 Å². The zero-order valence-electron chi connectivity index (χ0n) is 11.1. The van der Waals surface area contributed by atoms with E-state index in [-0.39, 0.29) is 17.9 Å². The maximum atomic E-state index is 11.5. The van der Waals surface area contributed by atoms with Gasteiger partial charge in [0.15, 0.2) is 0 Å². The quantitative estimate of drug-likeness (QED) is 0.596. The van der Waals surface area contributed by atoms with Gasteiger partial charge in [-0.1, -0.05) is 46.0 Å². The predicted molar refractivity (Wildman–Crippen MR) is 69.2 cm³/mol. The van der Waals surface area contributed by atoms with Gasteiger partial charge in [0.2, 0.25) is 5.91 Å². The summed E-state index contributed by atoms with van der Waals surface area (Å²) in [5.41, 5.74) is 5.66. The van der Waals surface area contributed by atoms with Gasteiger partial charge in [0.1, 0.15) is 0 Å². The second kappa shape index (κ2) is 9.64. The lowest BCUT2D eigenvalue weighted by Gasteiger charge is -2.15. The van der Waals surface area contributed by atoms with Crippen molar-refractivity contribution in [3.63, 3.8) is 0 Å². The number of carbonyl (C=O) groups is 1. The molecule has 0 aliphatic heterocycles. The van der Waals surface area contributed by atoms with Gasteiger partial charge in [-0.25, -0.2) is 0 Å². The Morgan fingerprint density at radius 1 is 1.12 bits per heavy atom. The average molecular weight is 228 g/mol. The van der Waals surface area contributed by atoms with Gasteiger partial charge in [-0.2, -0.15) is 0 Å². The smallest absolute Gasteiger partial charge is 0.224 e. The van der Waals surface area contributed by atoms with Gasteiger partial charge in [-0.05, 0) is 13.3 Å². The Morgan fingerprint density at radius 3 is 2.25 bits per heavy atom. The largest absolute Gasteiger partial charge is 0.356 e. The number of hydrogen-bond donors (Lipinski definition) is 2. The second-order valence-electron chi connectivity index (χ2n) is 4.71. The molecule has 2 atom stereocenters. The number of rotatable bonds is 9. The molecule has 2 unspecified atom stereocenters. The maximum absolute atomic E-state index is 11.5. The summed E-state index contributed by atoms with van der Waals surface area (Å²) in [6, 6.07) is -0.0652. The lowest BCUT2D eigenvalue weighted by Crippen LogP contribution is -2.38. The van der Waals surface area contributed by atoms with Gasteiger partial charge in [-0.15, -0.1) is 0 Å². The number of nitrogens with two attached hydrogens (primary N) is 1. The first-order chi connectivity index (χ1) is 7.59. The van der Waals surface area contributed by atoms with Crippen molar-refractivity contribution in [2.75, 3.05) is 6.54 Å². The molecule has 0 aliphatic carbocycles. The van der Waals surface area contributed by atoms with Gasteiger partial charge < -0.3 is 11.1 Å². The lowest BCUT2D eigenvalue weighted by atomic mass is 10.0. The summed E-state index contributed by atoms with van der Waals surface area (Å²) in [6.07, 6.45) is 7.51. The van der Waals surface area contributed by atoms with Crippen molar-refractivity contribution in [1.29, 1.82) is 0 Å². The fraction of sp³-hybridized carbons (Fsp3) is 0.923. The highest BCUT2D eigenvalue weighted by Crippen LogP contribution is 2.04. The topological polar surface area (TPSA) is 55.1 Å². The Labute approximate surface area is 100 Å². The van der Waals surface area contributed by atoms with Crippen LogP contribution in [0.25, 0.3) is 0 Å². The van der Waals surface area contributed by atoms with Crippen LogP contribution in [0.4, 0.5) is 0 Å². The first-order valence-corrected chi connectivity index (χ1v) is 6.62. The number of hydrogen-bond acceptors (Lipinski definition) is 2. The molecule has 0 saturated carbocycles. The molecule has 96 valence electrons. The molecule has 0 radical (unpaired) electrons. The van der Waals surface area contributed by atoms with E-state index < -0.39 is 0 Å². The molecule has 0 aromatic carbocycles. The van der Waals surface area contributed by atoms with E-state index in [0.29, 0.717) is 0 Å². The molecule has 3 nitrogen and oxygen atoms in total.